The van der Waals surface area contributed by atoms with E-state index in [1.54, 1.807) is 0 Å². The molecule has 0 aliphatic carbocycles. The number of rotatable bonds is 6. The molecule has 96 valence electrons. The highest BCUT2D eigenvalue weighted by atomic mass is 32.1. The third kappa shape index (κ3) is 3.72. The van der Waals surface area contributed by atoms with Crippen LogP contribution in [0.3, 0.4) is 0 Å². The summed E-state index contributed by atoms with van der Waals surface area (Å²) in [6.07, 6.45) is 2.72. The topological polar surface area (TPSA) is 41.1 Å². The molecule has 0 aromatic carbocycles. The molecular weight excluding hydrogens is 232 g/mol. The van der Waals surface area contributed by atoms with Crippen LogP contribution in [0.1, 0.15) is 32.4 Å². The first-order chi connectivity index (χ1) is 8.27. The van der Waals surface area contributed by atoms with Crippen molar-refractivity contribution in [3.8, 4) is 0 Å². The van der Waals surface area contributed by atoms with Crippen molar-refractivity contribution >= 4 is 11.5 Å². The SMILES string of the molecule is CC(C)C(CNCc1csnn1)N1CCCC1. The fourth-order valence-corrected chi connectivity index (χ4v) is 2.92. The van der Waals surface area contributed by atoms with Crippen LogP contribution in [0.4, 0.5) is 0 Å². The molecule has 1 fully saturated rings. The maximum Gasteiger partial charge on any atom is 0.0893 e. The van der Waals surface area contributed by atoms with Gasteiger partial charge in [-0.25, -0.2) is 0 Å². The molecule has 2 heterocycles. The maximum absolute atomic E-state index is 4.05. The maximum atomic E-state index is 4.05. The molecule has 1 aromatic rings. The van der Waals surface area contributed by atoms with Crippen molar-refractivity contribution in [1.82, 2.24) is 19.8 Å². The van der Waals surface area contributed by atoms with Crippen LogP contribution in [0.25, 0.3) is 0 Å². The summed E-state index contributed by atoms with van der Waals surface area (Å²) in [6, 6.07) is 0.657. The average molecular weight is 254 g/mol. The van der Waals surface area contributed by atoms with Gasteiger partial charge in [-0.1, -0.05) is 18.3 Å². The number of hydrogen-bond acceptors (Lipinski definition) is 5. The van der Waals surface area contributed by atoms with Gasteiger partial charge in [0.15, 0.2) is 0 Å². The van der Waals surface area contributed by atoms with Crippen molar-refractivity contribution in [3.63, 3.8) is 0 Å². The molecule has 1 unspecified atom stereocenters. The van der Waals surface area contributed by atoms with Crippen molar-refractivity contribution < 1.29 is 0 Å². The molecule has 5 heteroatoms. The lowest BCUT2D eigenvalue weighted by Crippen LogP contribution is -2.44. The molecule has 1 N–H and O–H groups in total. The summed E-state index contributed by atoms with van der Waals surface area (Å²) >= 11 is 1.42. The van der Waals surface area contributed by atoms with Crippen molar-refractivity contribution in [2.24, 2.45) is 5.92 Å². The van der Waals surface area contributed by atoms with E-state index in [0.717, 1.165) is 18.8 Å². The van der Waals surface area contributed by atoms with Crippen LogP contribution >= 0.6 is 11.5 Å². The number of likely N-dealkylation sites (tertiary alicyclic amines) is 1. The first-order valence-electron chi connectivity index (χ1n) is 6.48. The molecule has 1 aromatic heterocycles. The standard InChI is InChI=1S/C12H22N4S/c1-10(2)12(16-5-3-4-6-16)8-13-7-11-9-17-15-14-11/h9-10,12-13H,3-8H2,1-2H3. The predicted octanol–water partition coefficient (Wildman–Crippen LogP) is 1.75. The summed E-state index contributed by atoms with van der Waals surface area (Å²) in [4.78, 5) is 2.62. The van der Waals surface area contributed by atoms with Gasteiger partial charge in [0.1, 0.15) is 0 Å². The summed E-state index contributed by atoms with van der Waals surface area (Å²) in [6.45, 7) is 9.05. The van der Waals surface area contributed by atoms with Gasteiger partial charge >= 0.3 is 0 Å². The highest BCUT2D eigenvalue weighted by Crippen LogP contribution is 2.17. The quantitative estimate of drug-likeness (QED) is 0.839. The Morgan fingerprint density at radius 1 is 1.41 bits per heavy atom. The highest BCUT2D eigenvalue weighted by Gasteiger charge is 2.23. The van der Waals surface area contributed by atoms with Crippen LogP contribution in [0.5, 0.6) is 0 Å². The van der Waals surface area contributed by atoms with E-state index in [0.29, 0.717) is 12.0 Å². The van der Waals surface area contributed by atoms with Gasteiger partial charge in [-0.2, -0.15) is 0 Å². The Kier molecular flexibility index (Phi) is 4.88. The van der Waals surface area contributed by atoms with E-state index >= 15 is 0 Å². The van der Waals surface area contributed by atoms with E-state index in [1.165, 1.54) is 37.5 Å². The molecule has 0 amide bonds. The summed E-state index contributed by atoms with van der Waals surface area (Å²) in [7, 11) is 0. The highest BCUT2D eigenvalue weighted by molar-refractivity contribution is 7.03. The Morgan fingerprint density at radius 3 is 2.76 bits per heavy atom. The Hall–Kier alpha value is -0.520. The van der Waals surface area contributed by atoms with Crippen molar-refractivity contribution in [1.29, 1.82) is 0 Å². The van der Waals surface area contributed by atoms with Gasteiger partial charge in [0.05, 0.1) is 5.69 Å². The van der Waals surface area contributed by atoms with E-state index in [9.17, 15) is 0 Å². The van der Waals surface area contributed by atoms with Gasteiger partial charge in [0.2, 0.25) is 0 Å². The van der Waals surface area contributed by atoms with Crippen molar-refractivity contribution in [2.75, 3.05) is 19.6 Å². The van der Waals surface area contributed by atoms with Crippen LogP contribution in [-0.4, -0.2) is 40.2 Å². The molecule has 17 heavy (non-hydrogen) atoms. The molecule has 0 radical (unpaired) electrons. The van der Waals surface area contributed by atoms with Gasteiger partial charge < -0.3 is 5.32 Å². The van der Waals surface area contributed by atoms with Crippen LogP contribution in [0.2, 0.25) is 0 Å². The van der Waals surface area contributed by atoms with Gasteiger partial charge in [-0.05, 0) is 43.4 Å². The Morgan fingerprint density at radius 2 is 2.18 bits per heavy atom. The molecule has 1 atom stereocenters. The van der Waals surface area contributed by atoms with Crippen LogP contribution in [-0.2, 0) is 6.54 Å². The molecule has 0 bridgehead atoms. The third-order valence-electron chi connectivity index (χ3n) is 3.44. The van der Waals surface area contributed by atoms with Gasteiger partial charge in [-0.3, -0.25) is 4.90 Å². The smallest absolute Gasteiger partial charge is 0.0893 e. The lowest BCUT2D eigenvalue weighted by molar-refractivity contribution is 0.186. The number of nitrogens with zero attached hydrogens (tertiary/aromatic N) is 3. The minimum Gasteiger partial charge on any atom is -0.310 e. The number of nitrogens with one attached hydrogen (secondary N) is 1. The summed E-state index contributed by atoms with van der Waals surface area (Å²) in [5, 5.41) is 9.56. The molecule has 0 spiro atoms. The fourth-order valence-electron chi connectivity index (χ4n) is 2.47. The second-order valence-corrected chi connectivity index (χ2v) is 5.69. The molecule has 1 aliphatic rings. The second-order valence-electron chi connectivity index (χ2n) is 5.08. The first-order valence-corrected chi connectivity index (χ1v) is 7.31. The second kappa shape index (κ2) is 6.42. The van der Waals surface area contributed by atoms with E-state index in [2.05, 4.69) is 33.7 Å². The van der Waals surface area contributed by atoms with Crippen LogP contribution < -0.4 is 5.32 Å². The van der Waals surface area contributed by atoms with Crippen molar-refractivity contribution in [2.45, 2.75) is 39.3 Å². The number of aromatic nitrogens is 2. The zero-order valence-corrected chi connectivity index (χ0v) is 11.5. The largest absolute Gasteiger partial charge is 0.310 e. The molecular formula is C12H22N4S. The zero-order valence-electron chi connectivity index (χ0n) is 10.7. The summed E-state index contributed by atoms with van der Waals surface area (Å²) in [5.74, 6) is 0.703. The van der Waals surface area contributed by atoms with Gasteiger partial charge in [0, 0.05) is 24.5 Å². The third-order valence-corrected chi connectivity index (χ3v) is 4.00. The summed E-state index contributed by atoms with van der Waals surface area (Å²) in [5.41, 5.74) is 1.05. The molecule has 1 aliphatic heterocycles. The van der Waals surface area contributed by atoms with Gasteiger partial charge in [-0.15, -0.1) is 5.10 Å². The Bertz CT molecular complexity index is 306. The van der Waals surface area contributed by atoms with E-state index < -0.39 is 0 Å². The molecule has 1 saturated heterocycles. The van der Waals surface area contributed by atoms with E-state index in [4.69, 9.17) is 0 Å². The Labute approximate surface area is 108 Å². The van der Waals surface area contributed by atoms with E-state index in [1.807, 2.05) is 5.38 Å². The molecule has 4 nitrogen and oxygen atoms in total. The minimum atomic E-state index is 0.657. The Balaban J connectivity index is 1.77. The number of hydrogen-bond donors (Lipinski definition) is 1. The fraction of sp³-hybridized carbons (Fsp3) is 0.833. The predicted molar refractivity (Wildman–Crippen MR) is 71.0 cm³/mol. The zero-order chi connectivity index (χ0) is 12.1. The monoisotopic (exact) mass is 254 g/mol. The normalized spacial score (nSPS) is 19.0. The van der Waals surface area contributed by atoms with Crippen LogP contribution in [0.15, 0.2) is 5.38 Å². The van der Waals surface area contributed by atoms with Crippen LogP contribution in [0, 0.1) is 5.92 Å². The van der Waals surface area contributed by atoms with E-state index in [-0.39, 0.29) is 0 Å². The minimum absolute atomic E-state index is 0.657. The summed E-state index contributed by atoms with van der Waals surface area (Å²) < 4.78 is 3.87. The molecule has 2 rings (SSSR count). The lowest BCUT2D eigenvalue weighted by Gasteiger charge is -2.31. The molecule has 0 saturated carbocycles. The average Bonchev–Trinajstić information content (AvgIpc) is 2.96. The lowest BCUT2D eigenvalue weighted by atomic mass is 10.0. The van der Waals surface area contributed by atoms with Crippen molar-refractivity contribution in [3.05, 3.63) is 11.1 Å². The van der Waals surface area contributed by atoms with Gasteiger partial charge in [0.25, 0.3) is 0 Å². The first kappa shape index (κ1) is 12.9.